The molecule has 1 heterocycles. The molecule has 0 amide bonds. The van der Waals surface area contributed by atoms with Crippen LogP contribution in [-0.4, -0.2) is 17.6 Å². The zero-order valence-corrected chi connectivity index (χ0v) is 13.7. The lowest BCUT2D eigenvalue weighted by Gasteiger charge is -2.18. The molecule has 112 valence electrons. The summed E-state index contributed by atoms with van der Waals surface area (Å²) in [6.07, 6.45) is 4.68. The summed E-state index contributed by atoms with van der Waals surface area (Å²) in [4.78, 5) is 4.36. The normalized spacial score (nSPS) is 12.3. The third-order valence-electron chi connectivity index (χ3n) is 3.43. The number of halogens is 2. The molecule has 4 heteroatoms. The number of pyridine rings is 1. The molecular weight excluding hydrogens is 331 g/mol. The van der Waals surface area contributed by atoms with Gasteiger partial charge in [-0.2, -0.15) is 0 Å². The monoisotopic (exact) mass is 350 g/mol. The molecule has 1 aromatic carbocycles. The lowest BCUT2D eigenvalue weighted by Crippen LogP contribution is -2.31. The van der Waals surface area contributed by atoms with Gasteiger partial charge in [0.2, 0.25) is 0 Å². The number of hydrogen-bond donors (Lipinski definition) is 1. The zero-order chi connectivity index (χ0) is 15.1. The molecule has 0 saturated carbocycles. The van der Waals surface area contributed by atoms with Crippen LogP contribution in [0.4, 0.5) is 4.39 Å². The number of hydrogen-bond acceptors (Lipinski definition) is 2. The van der Waals surface area contributed by atoms with Crippen LogP contribution in [0, 0.1) is 5.82 Å². The minimum absolute atomic E-state index is 0.216. The SMILES string of the molecule is CCNC(CCc1ccccn1)Cc1ccc(F)c(Br)c1. The van der Waals surface area contributed by atoms with Crippen LogP contribution in [0.2, 0.25) is 0 Å². The van der Waals surface area contributed by atoms with Crippen LogP contribution < -0.4 is 5.32 Å². The Hall–Kier alpha value is -1.26. The molecule has 21 heavy (non-hydrogen) atoms. The van der Waals surface area contributed by atoms with Crippen molar-refractivity contribution in [3.63, 3.8) is 0 Å². The molecule has 2 nitrogen and oxygen atoms in total. The average Bonchev–Trinajstić information content (AvgIpc) is 2.50. The molecule has 1 unspecified atom stereocenters. The number of nitrogens with one attached hydrogen (secondary N) is 1. The van der Waals surface area contributed by atoms with Crippen molar-refractivity contribution >= 4 is 15.9 Å². The van der Waals surface area contributed by atoms with Crippen LogP contribution in [0.25, 0.3) is 0 Å². The molecule has 0 aliphatic heterocycles. The Balaban J connectivity index is 1.96. The first-order valence-electron chi connectivity index (χ1n) is 7.26. The van der Waals surface area contributed by atoms with Gasteiger partial charge in [-0.25, -0.2) is 4.39 Å². The smallest absolute Gasteiger partial charge is 0.137 e. The van der Waals surface area contributed by atoms with Crippen LogP contribution in [0.3, 0.4) is 0 Å². The van der Waals surface area contributed by atoms with Crippen molar-refractivity contribution < 1.29 is 4.39 Å². The molecule has 0 saturated heterocycles. The van der Waals surface area contributed by atoms with Crippen LogP contribution >= 0.6 is 15.9 Å². The lowest BCUT2D eigenvalue weighted by molar-refractivity contribution is 0.488. The average molecular weight is 351 g/mol. The quantitative estimate of drug-likeness (QED) is 0.811. The molecule has 1 atom stereocenters. The first-order valence-corrected chi connectivity index (χ1v) is 8.05. The van der Waals surface area contributed by atoms with Crippen molar-refractivity contribution in [1.82, 2.24) is 10.3 Å². The fourth-order valence-corrected chi connectivity index (χ4v) is 2.81. The highest BCUT2D eigenvalue weighted by atomic mass is 79.9. The van der Waals surface area contributed by atoms with Gasteiger partial charge in [-0.3, -0.25) is 4.98 Å². The Kier molecular flexibility index (Phi) is 6.33. The Labute approximate surface area is 133 Å². The second-order valence-electron chi connectivity index (χ2n) is 5.07. The molecule has 1 N–H and O–H groups in total. The van der Waals surface area contributed by atoms with Crippen molar-refractivity contribution in [2.45, 2.75) is 32.2 Å². The Bertz CT molecular complexity index is 560. The number of benzene rings is 1. The summed E-state index contributed by atoms with van der Waals surface area (Å²) in [5.41, 5.74) is 2.25. The molecule has 0 radical (unpaired) electrons. The van der Waals surface area contributed by atoms with E-state index in [2.05, 4.69) is 39.2 Å². The van der Waals surface area contributed by atoms with Gasteiger partial charge >= 0.3 is 0 Å². The maximum atomic E-state index is 13.3. The predicted octanol–water partition coefficient (Wildman–Crippen LogP) is 4.14. The second-order valence-corrected chi connectivity index (χ2v) is 5.92. The zero-order valence-electron chi connectivity index (χ0n) is 12.2. The molecule has 1 aromatic heterocycles. The van der Waals surface area contributed by atoms with Crippen LogP contribution in [0.5, 0.6) is 0 Å². The number of nitrogens with zero attached hydrogens (tertiary/aromatic N) is 1. The third kappa shape index (κ3) is 5.21. The van der Waals surface area contributed by atoms with Crippen LogP contribution in [0.1, 0.15) is 24.6 Å². The fourth-order valence-electron chi connectivity index (χ4n) is 2.38. The molecule has 2 rings (SSSR count). The van der Waals surface area contributed by atoms with E-state index >= 15 is 0 Å². The summed E-state index contributed by atoms with van der Waals surface area (Å²) in [6, 6.07) is 11.6. The number of rotatable bonds is 7. The summed E-state index contributed by atoms with van der Waals surface area (Å²) in [7, 11) is 0. The summed E-state index contributed by atoms with van der Waals surface area (Å²) in [6.45, 7) is 3.03. The lowest BCUT2D eigenvalue weighted by atomic mass is 10.0. The van der Waals surface area contributed by atoms with Gasteiger partial charge in [0, 0.05) is 17.9 Å². The summed E-state index contributed by atoms with van der Waals surface area (Å²) in [5, 5.41) is 3.50. The van der Waals surface area contributed by atoms with Crippen molar-refractivity contribution in [1.29, 1.82) is 0 Å². The van der Waals surface area contributed by atoms with Crippen molar-refractivity contribution in [2.24, 2.45) is 0 Å². The van der Waals surface area contributed by atoms with Gasteiger partial charge in [0.25, 0.3) is 0 Å². The number of aromatic nitrogens is 1. The summed E-state index contributed by atoms with van der Waals surface area (Å²) in [5.74, 6) is -0.216. The van der Waals surface area contributed by atoms with Gasteiger partial charge in [-0.15, -0.1) is 0 Å². The summed E-state index contributed by atoms with van der Waals surface area (Å²) >= 11 is 3.25. The topological polar surface area (TPSA) is 24.9 Å². The minimum Gasteiger partial charge on any atom is -0.314 e. The minimum atomic E-state index is -0.216. The summed E-state index contributed by atoms with van der Waals surface area (Å²) < 4.78 is 13.8. The van der Waals surface area contributed by atoms with E-state index in [4.69, 9.17) is 0 Å². The second kappa shape index (κ2) is 8.25. The first kappa shape index (κ1) is 16.1. The predicted molar refractivity (Wildman–Crippen MR) is 87.8 cm³/mol. The van der Waals surface area contributed by atoms with Gasteiger partial charge in [0.15, 0.2) is 0 Å². The van der Waals surface area contributed by atoms with E-state index in [1.165, 1.54) is 6.07 Å². The largest absolute Gasteiger partial charge is 0.314 e. The third-order valence-corrected chi connectivity index (χ3v) is 4.04. The number of likely N-dealkylation sites (N-methyl/N-ethyl adjacent to an activating group) is 1. The van der Waals surface area contributed by atoms with E-state index in [0.717, 1.165) is 37.1 Å². The highest BCUT2D eigenvalue weighted by molar-refractivity contribution is 9.10. The molecule has 2 aromatic rings. The van der Waals surface area contributed by atoms with Crippen molar-refractivity contribution in [3.8, 4) is 0 Å². The number of aryl methyl sites for hydroxylation is 1. The Morgan fingerprint density at radius 2 is 2.14 bits per heavy atom. The standard InChI is InChI=1S/C17H20BrFN2/c1-2-20-15(8-7-14-5-3-4-10-21-14)11-13-6-9-17(19)16(18)12-13/h3-6,9-10,12,15,20H,2,7-8,11H2,1H3. The van der Waals surface area contributed by atoms with Gasteiger partial charge in [0.1, 0.15) is 5.82 Å². The maximum Gasteiger partial charge on any atom is 0.137 e. The van der Waals surface area contributed by atoms with Gasteiger partial charge < -0.3 is 5.32 Å². The molecule has 0 fully saturated rings. The van der Waals surface area contributed by atoms with Gasteiger partial charge in [-0.05, 0) is 71.6 Å². The van der Waals surface area contributed by atoms with Gasteiger partial charge in [-0.1, -0.05) is 19.1 Å². The highest BCUT2D eigenvalue weighted by Crippen LogP contribution is 2.18. The van der Waals surface area contributed by atoms with E-state index in [9.17, 15) is 4.39 Å². The molecule has 0 spiro atoms. The maximum absolute atomic E-state index is 13.3. The van der Waals surface area contributed by atoms with E-state index in [0.29, 0.717) is 10.5 Å². The molecule has 0 bridgehead atoms. The van der Waals surface area contributed by atoms with Gasteiger partial charge in [0.05, 0.1) is 4.47 Å². The van der Waals surface area contributed by atoms with E-state index < -0.39 is 0 Å². The molecule has 0 aliphatic rings. The molecule has 0 aliphatic carbocycles. The Morgan fingerprint density at radius 1 is 1.29 bits per heavy atom. The fraction of sp³-hybridized carbons (Fsp3) is 0.353. The Morgan fingerprint density at radius 3 is 2.81 bits per heavy atom. The van der Waals surface area contributed by atoms with E-state index in [1.807, 2.05) is 30.5 Å². The molecular formula is C17H20BrFN2. The van der Waals surface area contributed by atoms with Crippen LogP contribution in [-0.2, 0) is 12.8 Å². The van der Waals surface area contributed by atoms with E-state index in [1.54, 1.807) is 0 Å². The highest BCUT2D eigenvalue weighted by Gasteiger charge is 2.10. The first-order chi connectivity index (χ1) is 10.2. The van der Waals surface area contributed by atoms with E-state index in [-0.39, 0.29) is 5.82 Å². The van der Waals surface area contributed by atoms with Crippen molar-refractivity contribution in [3.05, 3.63) is 64.1 Å². The van der Waals surface area contributed by atoms with Crippen molar-refractivity contribution in [2.75, 3.05) is 6.54 Å². The van der Waals surface area contributed by atoms with Crippen LogP contribution in [0.15, 0.2) is 47.1 Å².